The highest BCUT2D eigenvalue weighted by atomic mass is 16.6. The SMILES string of the molecule is NCC(=O)OCC(COCN1CNc2c1nc(N)[nH]c2=O)OC(=O)CN. The molecule has 2 rings (SSSR count). The van der Waals surface area contributed by atoms with Crippen molar-refractivity contribution in [2.45, 2.75) is 6.10 Å². The van der Waals surface area contributed by atoms with Gasteiger partial charge in [-0.1, -0.05) is 0 Å². The number of carbonyl (C=O) groups excluding carboxylic acids is 2. The number of aromatic amines is 1. The van der Waals surface area contributed by atoms with E-state index in [9.17, 15) is 14.4 Å². The first kappa shape index (κ1) is 19.4. The number of esters is 2. The number of H-pyrrole nitrogens is 1. The molecular formula is C13H21N7O6. The van der Waals surface area contributed by atoms with Crippen LogP contribution >= 0.6 is 0 Å². The number of rotatable bonds is 9. The van der Waals surface area contributed by atoms with Crippen molar-refractivity contribution in [2.24, 2.45) is 11.5 Å². The van der Waals surface area contributed by atoms with Gasteiger partial charge in [0, 0.05) is 0 Å². The lowest BCUT2D eigenvalue weighted by molar-refractivity contribution is -0.160. The van der Waals surface area contributed by atoms with Gasteiger partial charge in [0.15, 0.2) is 11.9 Å². The van der Waals surface area contributed by atoms with Crippen LogP contribution in [0.3, 0.4) is 0 Å². The molecule has 0 spiro atoms. The third-order valence-corrected chi connectivity index (χ3v) is 3.28. The number of hydrogen-bond donors (Lipinski definition) is 5. The fourth-order valence-electron chi connectivity index (χ4n) is 2.11. The zero-order chi connectivity index (χ0) is 19.1. The molecule has 0 amide bonds. The molecular weight excluding hydrogens is 350 g/mol. The van der Waals surface area contributed by atoms with Gasteiger partial charge in [0.05, 0.1) is 26.4 Å². The second-order valence-corrected chi connectivity index (χ2v) is 5.23. The number of anilines is 3. The maximum Gasteiger partial charge on any atom is 0.320 e. The first-order valence-corrected chi connectivity index (χ1v) is 7.66. The van der Waals surface area contributed by atoms with E-state index in [1.807, 2.05) is 0 Å². The van der Waals surface area contributed by atoms with Gasteiger partial charge in [-0.15, -0.1) is 0 Å². The topological polar surface area (TPSA) is 201 Å². The van der Waals surface area contributed by atoms with Gasteiger partial charge in [0.1, 0.15) is 19.0 Å². The molecule has 13 heteroatoms. The quantitative estimate of drug-likeness (QED) is 0.274. The maximum atomic E-state index is 11.8. The van der Waals surface area contributed by atoms with Crippen LogP contribution in [0.15, 0.2) is 4.79 Å². The number of hydrogen-bond acceptors (Lipinski definition) is 12. The van der Waals surface area contributed by atoms with E-state index < -0.39 is 23.6 Å². The Morgan fingerprint density at radius 2 is 1.96 bits per heavy atom. The molecule has 1 aliphatic rings. The van der Waals surface area contributed by atoms with Crippen molar-refractivity contribution < 1.29 is 23.8 Å². The average molecular weight is 371 g/mol. The fourth-order valence-corrected chi connectivity index (χ4v) is 2.11. The summed E-state index contributed by atoms with van der Waals surface area (Å²) in [5, 5.41) is 2.87. The molecule has 8 N–H and O–H groups in total. The van der Waals surface area contributed by atoms with Crippen molar-refractivity contribution in [3.63, 3.8) is 0 Å². The zero-order valence-corrected chi connectivity index (χ0v) is 13.9. The smallest absolute Gasteiger partial charge is 0.320 e. The normalized spacial score (nSPS) is 13.7. The number of fused-ring (bicyclic) bond motifs is 1. The van der Waals surface area contributed by atoms with E-state index in [1.165, 1.54) is 0 Å². The van der Waals surface area contributed by atoms with Crippen LogP contribution in [-0.2, 0) is 23.8 Å². The Labute approximate surface area is 147 Å². The number of nitrogens with zero attached hydrogens (tertiary/aromatic N) is 2. The first-order valence-electron chi connectivity index (χ1n) is 7.66. The van der Waals surface area contributed by atoms with Crippen LogP contribution in [0.25, 0.3) is 0 Å². The van der Waals surface area contributed by atoms with Crippen molar-refractivity contribution in [3.8, 4) is 0 Å². The van der Waals surface area contributed by atoms with Gasteiger partial charge in [-0.25, -0.2) is 0 Å². The fraction of sp³-hybridized carbons (Fsp3) is 0.538. The molecule has 0 aliphatic carbocycles. The summed E-state index contributed by atoms with van der Waals surface area (Å²) in [4.78, 5) is 42.3. The van der Waals surface area contributed by atoms with Gasteiger partial charge < -0.3 is 41.6 Å². The summed E-state index contributed by atoms with van der Waals surface area (Å²) in [5.74, 6) is -0.992. The molecule has 144 valence electrons. The number of ether oxygens (including phenoxy) is 3. The van der Waals surface area contributed by atoms with Crippen LogP contribution in [-0.4, -0.2) is 67.7 Å². The molecule has 0 fully saturated rings. The Bertz CT molecular complexity index is 709. The van der Waals surface area contributed by atoms with Gasteiger partial charge >= 0.3 is 11.9 Å². The number of nitrogens with one attached hydrogen (secondary N) is 2. The summed E-state index contributed by atoms with van der Waals surface area (Å²) in [6.07, 6.45) is -0.853. The van der Waals surface area contributed by atoms with E-state index in [0.717, 1.165) is 0 Å². The average Bonchev–Trinajstić information content (AvgIpc) is 3.02. The highest BCUT2D eigenvalue weighted by Crippen LogP contribution is 2.25. The van der Waals surface area contributed by atoms with Crippen LogP contribution in [0, 0.1) is 0 Å². The van der Waals surface area contributed by atoms with E-state index in [2.05, 4.69) is 15.3 Å². The lowest BCUT2D eigenvalue weighted by Crippen LogP contribution is -2.35. The first-order chi connectivity index (χ1) is 12.4. The van der Waals surface area contributed by atoms with Gasteiger partial charge in [-0.05, 0) is 0 Å². The Morgan fingerprint density at radius 3 is 2.65 bits per heavy atom. The van der Waals surface area contributed by atoms with Crippen LogP contribution in [0.5, 0.6) is 0 Å². The number of carbonyl (C=O) groups is 2. The molecule has 1 atom stereocenters. The molecule has 1 aromatic heterocycles. The minimum atomic E-state index is -0.853. The molecule has 26 heavy (non-hydrogen) atoms. The van der Waals surface area contributed by atoms with Crippen LogP contribution in [0.1, 0.15) is 0 Å². The van der Waals surface area contributed by atoms with Crippen molar-refractivity contribution in [2.75, 3.05) is 55.7 Å². The predicted octanol–water partition coefficient (Wildman–Crippen LogP) is -3.11. The standard InChI is InChI=1S/C13H21N7O6/c14-1-8(21)25-4-7(26-9(22)2-15)3-24-6-20-5-17-10-11(20)18-13(16)19-12(10)23/h7,17H,1-6,14-15H2,(H3,16,18,19,23). The number of nitrogens with two attached hydrogens (primary N) is 3. The minimum Gasteiger partial charge on any atom is -0.461 e. The lowest BCUT2D eigenvalue weighted by atomic mass is 10.4. The summed E-state index contributed by atoms with van der Waals surface area (Å²) < 4.78 is 15.4. The predicted molar refractivity (Wildman–Crippen MR) is 90.0 cm³/mol. The van der Waals surface area contributed by atoms with E-state index in [1.54, 1.807) is 4.90 Å². The number of aromatic nitrogens is 2. The van der Waals surface area contributed by atoms with Gasteiger partial charge in [0.2, 0.25) is 5.95 Å². The van der Waals surface area contributed by atoms with Gasteiger partial charge in [-0.2, -0.15) is 4.98 Å². The molecule has 1 unspecified atom stereocenters. The Morgan fingerprint density at radius 1 is 1.23 bits per heavy atom. The van der Waals surface area contributed by atoms with Gasteiger partial charge in [0.25, 0.3) is 5.56 Å². The monoisotopic (exact) mass is 371 g/mol. The molecule has 13 nitrogen and oxygen atoms in total. The van der Waals surface area contributed by atoms with Crippen molar-refractivity contribution in [1.82, 2.24) is 9.97 Å². The molecule has 0 saturated heterocycles. The second-order valence-electron chi connectivity index (χ2n) is 5.23. The molecule has 1 aliphatic heterocycles. The van der Waals surface area contributed by atoms with Crippen LogP contribution in [0.4, 0.5) is 17.5 Å². The van der Waals surface area contributed by atoms with Crippen LogP contribution < -0.4 is 33.0 Å². The highest BCUT2D eigenvalue weighted by Gasteiger charge is 2.24. The summed E-state index contributed by atoms with van der Waals surface area (Å²) in [6.45, 7) is -0.607. The molecule has 0 radical (unpaired) electrons. The Kier molecular flexibility index (Phi) is 6.71. The largest absolute Gasteiger partial charge is 0.461 e. The van der Waals surface area contributed by atoms with E-state index in [0.29, 0.717) is 5.82 Å². The van der Waals surface area contributed by atoms with Crippen molar-refractivity contribution in [1.29, 1.82) is 0 Å². The summed E-state index contributed by atoms with van der Waals surface area (Å²) in [5.41, 5.74) is 15.8. The van der Waals surface area contributed by atoms with Crippen molar-refractivity contribution >= 4 is 29.4 Å². The third-order valence-electron chi connectivity index (χ3n) is 3.28. The van der Waals surface area contributed by atoms with Gasteiger partial charge in [-0.3, -0.25) is 19.4 Å². The summed E-state index contributed by atoms with van der Waals surface area (Å²) >= 11 is 0. The Balaban J connectivity index is 1.90. The van der Waals surface area contributed by atoms with Crippen molar-refractivity contribution in [3.05, 3.63) is 10.4 Å². The molecule has 0 saturated carbocycles. The van der Waals surface area contributed by atoms with E-state index in [-0.39, 0.29) is 51.3 Å². The second kappa shape index (κ2) is 8.98. The van der Waals surface area contributed by atoms with Crippen LogP contribution in [0.2, 0.25) is 0 Å². The lowest BCUT2D eigenvalue weighted by Gasteiger charge is -2.21. The number of nitrogen functional groups attached to an aromatic ring is 1. The Hall–Kier alpha value is -2.90. The zero-order valence-electron chi connectivity index (χ0n) is 13.9. The van der Waals surface area contributed by atoms with E-state index >= 15 is 0 Å². The summed E-state index contributed by atoms with van der Waals surface area (Å²) in [6, 6.07) is 0. The summed E-state index contributed by atoms with van der Waals surface area (Å²) in [7, 11) is 0. The maximum absolute atomic E-state index is 11.8. The third kappa shape index (κ3) is 5.05. The molecule has 2 heterocycles. The highest BCUT2D eigenvalue weighted by molar-refractivity contribution is 5.72. The minimum absolute atomic E-state index is 0.0223. The molecule has 0 bridgehead atoms. The molecule has 1 aromatic rings. The van der Waals surface area contributed by atoms with E-state index in [4.69, 9.17) is 31.4 Å². The molecule has 0 aromatic carbocycles.